The molecule has 1 aliphatic heterocycles. The maximum atomic E-state index is 13.6. The molecule has 10 heteroatoms. The lowest BCUT2D eigenvalue weighted by Gasteiger charge is -2.32. The standard InChI is InChI=1S/C37H41N3O7/c1-24(17-27-12-14-28(15-13-27)18-29-9-8-16-38-20-29)21-46-22-37(4,5)23-47-36(42)33-26(3)39-25(2)32(35(41)45-6)34(33)30-10-7-11-31(19-30)40(43)44/h7-17,19-20,32,34H,18,21-23H2,1-6H3. The predicted octanol–water partition coefficient (Wildman–Crippen LogP) is 6.89. The van der Waals surface area contributed by atoms with Crippen LogP contribution in [0.1, 0.15) is 62.8 Å². The molecule has 0 aliphatic carbocycles. The summed E-state index contributed by atoms with van der Waals surface area (Å²) >= 11 is 0. The molecule has 2 unspecified atom stereocenters. The van der Waals surface area contributed by atoms with E-state index in [-0.39, 0.29) is 17.9 Å². The molecule has 0 saturated carbocycles. The molecule has 0 amide bonds. The van der Waals surface area contributed by atoms with Crippen LogP contribution in [0.3, 0.4) is 0 Å². The number of carbonyl (C=O) groups is 2. The maximum absolute atomic E-state index is 13.6. The number of aliphatic imine (C=N–C) groups is 1. The Bertz CT molecular complexity index is 1690. The molecule has 47 heavy (non-hydrogen) atoms. The SMILES string of the molecule is COC(=O)C1C(C)=NC(C)=C(C(=O)OCC(C)(C)COCC(C)=Cc2ccc(Cc3cccnc3)cc2)C1c1cccc([N+](=O)[O-])c1. The molecular formula is C37H41N3O7. The lowest BCUT2D eigenvalue weighted by molar-refractivity contribution is -0.384. The molecular weight excluding hydrogens is 598 g/mol. The number of rotatable bonds is 13. The molecule has 1 aliphatic rings. The van der Waals surface area contributed by atoms with Gasteiger partial charge < -0.3 is 14.2 Å². The number of allylic oxidation sites excluding steroid dienone is 1. The Labute approximate surface area is 275 Å². The van der Waals surface area contributed by atoms with Crippen molar-refractivity contribution < 1.29 is 28.7 Å². The molecule has 1 aromatic heterocycles. The monoisotopic (exact) mass is 639 g/mol. The lowest BCUT2D eigenvalue weighted by Crippen LogP contribution is -2.37. The fraction of sp³-hybridized carbons (Fsp3) is 0.351. The van der Waals surface area contributed by atoms with Crippen LogP contribution in [0.15, 0.2) is 94.9 Å². The van der Waals surface area contributed by atoms with E-state index in [1.807, 2.05) is 33.0 Å². The quantitative estimate of drug-likeness (QED) is 0.112. The predicted molar refractivity (Wildman–Crippen MR) is 180 cm³/mol. The highest BCUT2D eigenvalue weighted by molar-refractivity contribution is 6.07. The number of aromatic nitrogens is 1. The Balaban J connectivity index is 1.39. The summed E-state index contributed by atoms with van der Waals surface area (Å²) in [6.07, 6.45) is 6.54. The van der Waals surface area contributed by atoms with Gasteiger partial charge in [-0.05, 0) is 61.1 Å². The summed E-state index contributed by atoms with van der Waals surface area (Å²) < 4.78 is 16.9. The number of non-ortho nitro benzene ring substituents is 1. The largest absolute Gasteiger partial charge is 0.468 e. The molecule has 4 rings (SSSR count). The van der Waals surface area contributed by atoms with Crippen molar-refractivity contribution in [2.45, 2.75) is 47.0 Å². The first-order valence-corrected chi connectivity index (χ1v) is 15.4. The van der Waals surface area contributed by atoms with Crippen molar-refractivity contribution in [3.05, 3.63) is 122 Å². The molecule has 0 spiro atoms. The van der Waals surface area contributed by atoms with Crippen molar-refractivity contribution >= 4 is 29.4 Å². The molecule has 3 aromatic rings. The third-order valence-electron chi connectivity index (χ3n) is 7.88. The van der Waals surface area contributed by atoms with Crippen molar-refractivity contribution in [1.29, 1.82) is 0 Å². The van der Waals surface area contributed by atoms with E-state index in [0.717, 1.165) is 23.1 Å². The Kier molecular flexibility index (Phi) is 11.6. The van der Waals surface area contributed by atoms with Crippen molar-refractivity contribution in [1.82, 2.24) is 4.98 Å². The van der Waals surface area contributed by atoms with Gasteiger partial charge in [-0.25, -0.2) is 4.79 Å². The van der Waals surface area contributed by atoms with Crippen molar-refractivity contribution in [3.8, 4) is 0 Å². The van der Waals surface area contributed by atoms with Crippen LogP contribution in [-0.2, 0) is 30.2 Å². The highest BCUT2D eigenvalue weighted by atomic mass is 16.6. The van der Waals surface area contributed by atoms with Crippen LogP contribution >= 0.6 is 0 Å². The number of methoxy groups -OCH3 is 1. The van der Waals surface area contributed by atoms with E-state index in [2.05, 4.69) is 46.4 Å². The van der Waals surface area contributed by atoms with Crippen molar-refractivity contribution in [2.24, 2.45) is 16.3 Å². The van der Waals surface area contributed by atoms with Gasteiger partial charge in [-0.1, -0.05) is 62.4 Å². The average molecular weight is 640 g/mol. The van der Waals surface area contributed by atoms with E-state index in [1.165, 1.54) is 30.9 Å². The zero-order valence-corrected chi connectivity index (χ0v) is 27.7. The van der Waals surface area contributed by atoms with Crippen molar-refractivity contribution in [3.63, 3.8) is 0 Å². The highest BCUT2D eigenvalue weighted by Gasteiger charge is 2.43. The molecule has 2 atom stereocenters. The first kappa shape index (κ1) is 34.9. The number of ether oxygens (including phenoxy) is 3. The molecule has 0 saturated heterocycles. The highest BCUT2D eigenvalue weighted by Crippen LogP contribution is 2.41. The van der Waals surface area contributed by atoms with Gasteiger partial charge in [-0.3, -0.25) is 24.9 Å². The van der Waals surface area contributed by atoms with E-state index < -0.39 is 34.1 Å². The van der Waals surface area contributed by atoms with Gasteiger partial charge in [0.05, 0.1) is 37.4 Å². The van der Waals surface area contributed by atoms with Crippen LogP contribution in [0.25, 0.3) is 6.08 Å². The van der Waals surface area contributed by atoms with Gasteiger partial charge in [0.15, 0.2) is 0 Å². The van der Waals surface area contributed by atoms with E-state index in [0.29, 0.717) is 30.2 Å². The van der Waals surface area contributed by atoms with Gasteiger partial charge in [0.25, 0.3) is 5.69 Å². The van der Waals surface area contributed by atoms with E-state index >= 15 is 0 Å². The van der Waals surface area contributed by atoms with Gasteiger partial charge in [0.2, 0.25) is 0 Å². The van der Waals surface area contributed by atoms with Crippen LogP contribution in [0, 0.1) is 21.4 Å². The lowest BCUT2D eigenvalue weighted by atomic mass is 9.75. The smallest absolute Gasteiger partial charge is 0.336 e. The van der Waals surface area contributed by atoms with Gasteiger partial charge in [-0.15, -0.1) is 0 Å². The van der Waals surface area contributed by atoms with E-state index in [4.69, 9.17) is 14.2 Å². The Morgan fingerprint density at radius 1 is 1.02 bits per heavy atom. The average Bonchev–Trinajstić information content (AvgIpc) is 3.04. The molecule has 0 N–H and O–H groups in total. The number of esters is 2. The van der Waals surface area contributed by atoms with Crippen molar-refractivity contribution in [2.75, 3.05) is 26.9 Å². The summed E-state index contributed by atoms with van der Waals surface area (Å²) in [6.45, 7) is 9.97. The first-order valence-electron chi connectivity index (χ1n) is 15.4. The van der Waals surface area contributed by atoms with Crippen LogP contribution in [0.2, 0.25) is 0 Å². The Hall–Kier alpha value is -4.96. The molecule has 2 heterocycles. The Morgan fingerprint density at radius 3 is 2.43 bits per heavy atom. The van der Waals surface area contributed by atoms with Crippen LogP contribution in [0.5, 0.6) is 0 Å². The molecule has 246 valence electrons. The topological polar surface area (TPSA) is 130 Å². The van der Waals surface area contributed by atoms with E-state index in [1.54, 1.807) is 26.1 Å². The fourth-order valence-electron chi connectivity index (χ4n) is 5.59. The van der Waals surface area contributed by atoms with Crippen LogP contribution < -0.4 is 0 Å². The third kappa shape index (κ3) is 9.29. The second-order valence-electron chi connectivity index (χ2n) is 12.6. The minimum Gasteiger partial charge on any atom is -0.468 e. The third-order valence-corrected chi connectivity index (χ3v) is 7.88. The zero-order chi connectivity index (χ0) is 34.1. The van der Waals surface area contributed by atoms with Crippen LogP contribution in [0.4, 0.5) is 5.69 Å². The number of nitro groups is 1. The minimum absolute atomic E-state index is 0.0387. The molecule has 0 radical (unpaired) electrons. The number of nitro benzene ring substituents is 1. The second kappa shape index (κ2) is 15.6. The van der Waals surface area contributed by atoms with Gasteiger partial charge in [0.1, 0.15) is 5.92 Å². The fourth-order valence-corrected chi connectivity index (χ4v) is 5.59. The summed E-state index contributed by atoms with van der Waals surface area (Å²) in [7, 11) is 1.25. The molecule has 10 nitrogen and oxygen atoms in total. The molecule has 0 fully saturated rings. The minimum atomic E-state index is -0.947. The number of hydrogen-bond acceptors (Lipinski definition) is 9. The zero-order valence-electron chi connectivity index (χ0n) is 27.7. The summed E-state index contributed by atoms with van der Waals surface area (Å²) in [4.78, 5) is 46.2. The normalized spacial score (nSPS) is 16.8. The summed E-state index contributed by atoms with van der Waals surface area (Å²) in [5.41, 5.74) is 5.20. The number of carbonyl (C=O) groups excluding carboxylic acids is 2. The second-order valence-corrected chi connectivity index (χ2v) is 12.6. The number of hydrogen-bond donors (Lipinski definition) is 0. The Morgan fingerprint density at radius 2 is 1.77 bits per heavy atom. The van der Waals surface area contributed by atoms with Gasteiger partial charge in [-0.2, -0.15) is 0 Å². The summed E-state index contributed by atoms with van der Waals surface area (Å²) in [6, 6.07) is 18.3. The van der Waals surface area contributed by atoms with Gasteiger partial charge >= 0.3 is 11.9 Å². The first-order chi connectivity index (χ1) is 22.4. The van der Waals surface area contributed by atoms with Gasteiger partial charge in [0, 0.05) is 47.3 Å². The number of nitrogens with zero attached hydrogens (tertiary/aromatic N) is 3. The molecule has 0 bridgehead atoms. The summed E-state index contributed by atoms with van der Waals surface area (Å²) in [5.74, 6) is -3.07. The van der Waals surface area contributed by atoms with E-state index in [9.17, 15) is 19.7 Å². The number of benzene rings is 2. The summed E-state index contributed by atoms with van der Waals surface area (Å²) in [5, 5.41) is 11.5. The maximum Gasteiger partial charge on any atom is 0.336 e. The van der Waals surface area contributed by atoms with Crippen LogP contribution in [-0.4, -0.2) is 54.5 Å². The molecule has 2 aromatic carbocycles. The number of pyridine rings is 1.